The van der Waals surface area contributed by atoms with Crippen molar-refractivity contribution in [1.29, 1.82) is 0 Å². The van der Waals surface area contributed by atoms with E-state index >= 15 is 0 Å². The van der Waals surface area contributed by atoms with Gasteiger partial charge in [-0.3, -0.25) is 9.59 Å². The third kappa shape index (κ3) is 52.1. The van der Waals surface area contributed by atoms with E-state index in [2.05, 4.69) is 98.9 Å². The van der Waals surface area contributed by atoms with E-state index in [1.54, 1.807) is 0 Å². The molecule has 0 spiro atoms. The summed E-state index contributed by atoms with van der Waals surface area (Å²) in [5.41, 5.74) is 0. The minimum Gasteiger partial charge on any atom is -0.545 e. The van der Waals surface area contributed by atoms with Crippen molar-refractivity contribution in [3.63, 3.8) is 0 Å². The Kier molecular flexibility index (Phi) is 48.2. The van der Waals surface area contributed by atoms with Gasteiger partial charge >= 0.3 is 11.9 Å². The molecule has 396 valence electrons. The summed E-state index contributed by atoms with van der Waals surface area (Å²) in [5.74, 6) is -2.36. The van der Waals surface area contributed by atoms with Crippen molar-refractivity contribution in [3.8, 4) is 0 Å². The van der Waals surface area contributed by atoms with Crippen LogP contribution in [0.2, 0.25) is 0 Å². The number of aliphatic carboxylic acids is 1. The number of unbranched alkanes of at least 4 members (excludes halogenated alkanes) is 21. The Morgan fingerprint density at radius 2 is 0.826 bits per heavy atom. The zero-order valence-corrected chi connectivity index (χ0v) is 44.9. The highest BCUT2D eigenvalue weighted by atomic mass is 16.7. The Morgan fingerprint density at radius 1 is 0.449 bits per heavy atom. The number of hydrogen-bond acceptors (Lipinski definition) is 8. The second-order valence-corrected chi connectivity index (χ2v) is 19.5. The average Bonchev–Trinajstić information content (AvgIpc) is 3.31. The summed E-state index contributed by atoms with van der Waals surface area (Å²) in [4.78, 5) is 37.2. The third-order valence-corrected chi connectivity index (χ3v) is 11.7. The molecule has 0 radical (unpaired) electrons. The highest BCUT2D eigenvalue weighted by Crippen LogP contribution is 2.16. The first-order chi connectivity index (χ1) is 33.6. The standard InChI is InChI=1S/C60H103NO8/c1-6-8-10-12-14-16-18-20-22-24-26-28-29-31-33-35-37-39-41-43-45-47-49-51-58(63)69-56(55-68-60(59(64)65)66-53-52-61(3,4)5)54-67-57(62)50-48-46-44-42-40-38-36-34-32-30-27-25-23-21-19-17-15-13-11-9-7-2/h8,10,14,16,20,22,26,28,31,33,37,39,43,45,56,60H,6-7,9,11-13,15,17-19,21,23-25,27,29-30,32,34-36,38,40-42,44,46-55H2,1-5H3/b10-8-,16-14-,22-20-,28-26-,33-31-,39-37-,45-43-. The van der Waals surface area contributed by atoms with Crippen LogP contribution in [0.25, 0.3) is 0 Å². The second-order valence-electron chi connectivity index (χ2n) is 19.5. The number of carbonyl (C=O) groups is 3. The molecule has 0 amide bonds. The fraction of sp³-hybridized carbons (Fsp3) is 0.717. The molecule has 69 heavy (non-hydrogen) atoms. The van der Waals surface area contributed by atoms with E-state index in [1.807, 2.05) is 21.1 Å². The molecule has 0 N–H and O–H groups in total. The Hall–Kier alpha value is -3.53. The van der Waals surface area contributed by atoms with Gasteiger partial charge in [0.05, 0.1) is 40.3 Å². The molecule has 0 aromatic heterocycles. The highest BCUT2D eigenvalue weighted by molar-refractivity contribution is 5.70. The summed E-state index contributed by atoms with van der Waals surface area (Å²) in [6.07, 6.45) is 63.5. The van der Waals surface area contributed by atoms with Crippen molar-refractivity contribution in [2.45, 2.75) is 232 Å². The fourth-order valence-electron chi connectivity index (χ4n) is 7.41. The number of ether oxygens (including phenoxy) is 4. The molecule has 9 heteroatoms. The van der Waals surface area contributed by atoms with E-state index in [0.717, 1.165) is 64.2 Å². The smallest absolute Gasteiger partial charge is 0.306 e. The van der Waals surface area contributed by atoms with Crippen LogP contribution < -0.4 is 5.11 Å². The van der Waals surface area contributed by atoms with Crippen molar-refractivity contribution >= 4 is 17.9 Å². The number of allylic oxidation sites excluding steroid dienone is 14. The minimum atomic E-state index is -1.64. The molecule has 0 rings (SSSR count). The number of carboxylic acid groups (broad SMARTS) is 1. The van der Waals surface area contributed by atoms with Crippen molar-refractivity contribution < 1.29 is 42.9 Å². The molecule has 0 aromatic carbocycles. The molecule has 0 aliphatic carbocycles. The molecule has 0 aliphatic rings. The monoisotopic (exact) mass is 966 g/mol. The quantitative estimate of drug-likeness (QED) is 0.0195. The maximum absolute atomic E-state index is 12.8. The van der Waals surface area contributed by atoms with Crippen LogP contribution >= 0.6 is 0 Å². The van der Waals surface area contributed by atoms with E-state index in [1.165, 1.54) is 116 Å². The third-order valence-electron chi connectivity index (χ3n) is 11.7. The predicted molar refractivity (Wildman–Crippen MR) is 288 cm³/mol. The van der Waals surface area contributed by atoms with Crippen LogP contribution in [0.4, 0.5) is 0 Å². The molecule has 0 saturated heterocycles. The molecule has 2 unspecified atom stereocenters. The predicted octanol–water partition coefficient (Wildman–Crippen LogP) is 14.7. The van der Waals surface area contributed by atoms with Gasteiger partial charge in [-0.2, -0.15) is 0 Å². The van der Waals surface area contributed by atoms with Gasteiger partial charge in [0.2, 0.25) is 0 Å². The number of likely N-dealkylation sites (N-methyl/N-ethyl adjacent to an activating group) is 1. The lowest BCUT2D eigenvalue weighted by Crippen LogP contribution is -2.44. The second kappa shape index (κ2) is 50.8. The first-order valence-electron chi connectivity index (χ1n) is 27.7. The van der Waals surface area contributed by atoms with Crippen LogP contribution in [0.1, 0.15) is 219 Å². The lowest BCUT2D eigenvalue weighted by molar-refractivity contribution is -0.870. The number of quaternary nitrogens is 1. The number of hydrogen-bond donors (Lipinski definition) is 0. The van der Waals surface area contributed by atoms with Gasteiger partial charge < -0.3 is 33.3 Å². The largest absolute Gasteiger partial charge is 0.545 e. The summed E-state index contributed by atoms with van der Waals surface area (Å²) >= 11 is 0. The Bertz CT molecular complexity index is 1400. The van der Waals surface area contributed by atoms with Crippen molar-refractivity contribution in [1.82, 2.24) is 0 Å². The topological polar surface area (TPSA) is 111 Å². The maximum Gasteiger partial charge on any atom is 0.306 e. The summed E-state index contributed by atoms with van der Waals surface area (Å²) in [6, 6.07) is 0. The van der Waals surface area contributed by atoms with Gasteiger partial charge in [-0.05, 0) is 64.2 Å². The van der Waals surface area contributed by atoms with E-state index in [-0.39, 0.29) is 38.6 Å². The molecule has 0 saturated carbocycles. The molecule has 0 aromatic rings. The van der Waals surface area contributed by atoms with Gasteiger partial charge in [-0.15, -0.1) is 0 Å². The van der Waals surface area contributed by atoms with Gasteiger partial charge in [0.1, 0.15) is 13.2 Å². The lowest BCUT2D eigenvalue weighted by Gasteiger charge is -2.26. The molecule has 0 bridgehead atoms. The van der Waals surface area contributed by atoms with E-state index < -0.39 is 24.3 Å². The highest BCUT2D eigenvalue weighted by Gasteiger charge is 2.21. The molecule has 0 heterocycles. The molecule has 9 nitrogen and oxygen atoms in total. The summed E-state index contributed by atoms with van der Waals surface area (Å²) in [7, 11) is 5.90. The summed E-state index contributed by atoms with van der Waals surface area (Å²) in [5, 5.41) is 11.8. The van der Waals surface area contributed by atoms with E-state index in [4.69, 9.17) is 18.9 Å². The Labute approximate surface area is 423 Å². The van der Waals surface area contributed by atoms with Crippen LogP contribution in [-0.4, -0.2) is 82.3 Å². The van der Waals surface area contributed by atoms with E-state index in [9.17, 15) is 19.5 Å². The van der Waals surface area contributed by atoms with Crippen molar-refractivity contribution in [3.05, 3.63) is 85.1 Å². The maximum atomic E-state index is 12.8. The van der Waals surface area contributed by atoms with Gasteiger partial charge in [-0.25, -0.2) is 0 Å². The number of carbonyl (C=O) groups excluding carboxylic acids is 3. The van der Waals surface area contributed by atoms with Gasteiger partial charge in [0.15, 0.2) is 12.4 Å². The fourth-order valence-corrected chi connectivity index (χ4v) is 7.41. The van der Waals surface area contributed by atoms with Gasteiger partial charge in [0, 0.05) is 12.8 Å². The number of rotatable bonds is 50. The van der Waals surface area contributed by atoms with Crippen molar-refractivity contribution in [2.24, 2.45) is 0 Å². The van der Waals surface area contributed by atoms with Crippen LogP contribution in [0.3, 0.4) is 0 Å². The first-order valence-corrected chi connectivity index (χ1v) is 27.7. The van der Waals surface area contributed by atoms with Crippen LogP contribution in [0, 0.1) is 0 Å². The average molecular weight is 966 g/mol. The van der Waals surface area contributed by atoms with E-state index in [0.29, 0.717) is 23.9 Å². The summed E-state index contributed by atoms with van der Waals surface area (Å²) in [6.45, 7) is 4.58. The zero-order valence-electron chi connectivity index (χ0n) is 44.9. The zero-order chi connectivity index (χ0) is 50.6. The van der Waals surface area contributed by atoms with Crippen LogP contribution in [-0.2, 0) is 33.3 Å². The SMILES string of the molecule is CC/C=C\C/C=C\C/C=C\C/C=C\C/C=C\C/C=C\C/C=C\CCCC(=O)OC(COC(=O)CCCCCCCCCCCCCCCCCCCCCCC)COC(OCC[N+](C)(C)C)C(=O)[O-]. The van der Waals surface area contributed by atoms with Gasteiger partial charge in [0.25, 0.3) is 0 Å². The summed E-state index contributed by atoms with van der Waals surface area (Å²) < 4.78 is 22.6. The number of esters is 2. The lowest BCUT2D eigenvalue weighted by atomic mass is 10.0. The molecular weight excluding hydrogens is 863 g/mol. The first kappa shape index (κ1) is 65.5. The molecule has 0 fully saturated rings. The van der Waals surface area contributed by atoms with Gasteiger partial charge in [-0.1, -0.05) is 227 Å². The Morgan fingerprint density at radius 3 is 1.22 bits per heavy atom. The number of nitrogens with zero attached hydrogens (tertiary/aromatic N) is 1. The van der Waals surface area contributed by atoms with Crippen LogP contribution in [0.5, 0.6) is 0 Å². The normalized spacial score (nSPS) is 13.5. The molecule has 0 aliphatic heterocycles. The Balaban J connectivity index is 4.39. The number of carboxylic acids is 1. The van der Waals surface area contributed by atoms with Crippen molar-refractivity contribution in [2.75, 3.05) is 47.5 Å². The minimum absolute atomic E-state index is 0.134. The van der Waals surface area contributed by atoms with Crippen LogP contribution in [0.15, 0.2) is 85.1 Å². The molecular formula is C60H103NO8. The molecule has 2 atom stereocenters.